The van der Waals surface area contributed by atoms with Crippen LogP contribution in [0.15, 0.2) is 279 Å². The van der Waals surface area contributed by atoms with Gasteiger partial charge >= 0.3 is 0 Å². The van der Waals surface area contributed by atoms with Gasteiger partial charge in [-0.2, -0.15) is 0 Å². The van der Waals surface area contributed by atoms with Gasteiger partial charge in [0.05, 0.1) is 22.1 Å². The maximum absolute atomic E-state index is 2.44. The zero-order valence-electron chi connectivity index (χ0n) is 40.8. The summed E-state index contributed by atoms with van der Waals surface area (Å²) < 4.78 is 7.44. The molecule has 0 spiro atoms. The molecule has 5 heteroatoms. The van der Waals surface area contributed by atoms with E-state index in [1.54, 1.807) is 0 Å². The number of hydrogen-bond donors (Lipinski definition) is 0. The molecular formula is C70H46N4S. The Balaban J connectivity index is 0.983. The molecular weight excluding hydrogens is 929 g/mol. The highest BCUT2D eigenvalue weighted by Crippen LogP contribution is 2.48. The lowest BCUT2D eigenvalue weighted by molar-refractivity contribution is 1.18. The SMILES string of the molecule is c1ccc(N(c2ccccc2)c2cc(-c3ccc4c(ccc5c4c4ccccc4n5-c4ccccc4)c3)cc(N(c3ccccc3)c3ccc4c(c3)c3c5sc6ccccc6c5ccc3n4-c3ccccc3)c2)cc1. The molecule has 15 rings (SSSR count). The highest BCUT2D eigenvalue weighted by Gasteiger charge is 2.24. The van der Waals surface area contributed by atoms with E-state index in [-0.39, 0.29) is 0 Å². The Bertz CT molecular complexity index is 4600. The van der Waals surface area contributed by atoms with Gasteiger partial charge in [-0.3, -0.25) is 0 Å². The predicted molar refractivity (Wildman–Crippen MR) is 320 cm³/mol. The minimum atomic E-state index is 1.05. The molecule has 0 saturated carbocycles. The maximum Gasteiger partial charge on any atom is 0.0555 e. The molecule has 4 nitrogen and oxygen atoms in total. The van der Waals surface area contributed by atoms with Crippen LogP contribution in [0.5, 0.6) is 0 Å². The van der Waals surface area contributed by atoms with Crippen molar-refractivity contribution in [1.29, 1.82) is 0 Å². The van der Waals surface area contributed by atoms with Crippen LogP contribution in [0.2, 0.25) is 0 Å². The fraction of sp³-hybridized carbons (Fsp3) is 0. The number of fused-ring (bicyclic) bond motifs is 12. The van der Waals surface area contributed by atoms with E-state index < -0.39 is 0 Å². The Hall–Kier alpha value is -9.68. The van der Waals surface area contributed by atoms with Gasteiger partial charge in [0.2, 0.25) is 0 Å². The summed E-state index contributed by atoms with van der Waals surface area (Å²) in [4.78, 5) is 4.83. The van der Waals surface area contributed by atoms with Gasteiger partial charge in [-0.1, -0.05) is 152 Å². The molecule has 352 valence electrons. The van der Waals surface area contributed by atoms with Gasteiger partial charge in [-0.15, -0.1) is 11.3 Å². The normalized spacial score (nSPS) is 11.7. The largest absolute Gasteiger partial charge is 0.310 e. The molecule has 0 fully saturated rings. The van der Waals surface area contributed by atoms with Gasteiger partial charge in [0.1, 0.15) is 0 Å². The number of thiophene rings is 1. The number of anilines is 6. The maximum atomic E-state index is 2.44. The second kappa shape index (κ2) is 17.5. The second-order valence-corrected chi connectivity index (χ2v) is 20.4. The summed E-state index contributed by atoms with van der Waals surface area (Å²) in [5.41, 5.74) is 15.7. The third-order valence-corrected chi connectivity index (χ3v) is 16.2. The lowest BCUT2D eigenvalue weighted by Gasteiger charge is -2.30. The molecule has 12 aromatic carbocycles. The lowest BCUT2D eigenvalue weighted by atomic mass is 9.97. The van der Waals surface area contributed by atoms with Crippen molar-refractivity contribution in [2.24, 2.45) is 0 Å². The van der Waals surface area contributed by atoms with Crippen LogP contribution >= 0.6 is 11.3 Å². The van der Waals surface area contributed by atoms with Crippen molar-refractivity contribution in [2.75, 3.05) is 9.80 Å². The van der Waals surface area contributed by atoms with E-state index in [0.717, 1.165) is 56.6 Å². The Morgan fingerprint density at radius 3 is 1.40 bits per heavy atom. The third kappa shape index (κ3) is 7.04. The van der Waals surface area contributed by atoms with Crippen LogP contribution in [-0.4, -0.2) is 9.13 Å². The summed E-state index contributed by atoms with van der Waals surface area (Å²) in [5, 5.41) is 10.0. The minimum Gasteiger partial charge on any atom is -0.310 e. The summed E-state index contributed by atoms with van der Waals surface area (Å²) in [7, 11) is 0. The zero-order chi connectivity index (χ0) is 49.4. The molecule has 0 aliphatic carbocycles. The Labute approximate surface area is 438 Å². The number of aromatic nitrogens is 2. The van der Waals surface area contributed by atoms with Crippen LogP contribution in [0.1, 0.15) is 0 Å². The standard InChI is InChI=1S/C70H46N4S/c1-6-20-50(21-7-1)71(51-22-8-2-9-23-51)56-43-49(47-34-37-58-48(42-47)35-39-65-68(58)61-31-16-18-32-63(61)73(65)53-26-12-4-13-27-53)44-57(45-56)72(52-24-10-3-11-25-52)55-36-40-64-62(46-55)69-66(74(64)54-28-14-5-15-29-54)41-38-60-59-30-17-19-33-67(59)75-70(60)69/h1-46H. The van der Waals surface area contributed by atoms with Crippen molar-refractivity contribution >= 4 is 120 Å². The molecule has 0 atom stereocenters. The molecule has 0 bridgehead atoms. The minimum absolute atomic E-state index is 1.05. The fourth-order valence-electron chi connectivity index (χ4n) is 11.7. The number of nitrogens with zero attached hydrogens (tertiary/aromatic N) is 4. The van der Waals surface area contributed by atoms with E-state index in [9.17, 15) is 0 Å². The Morgan fingerprint density at radius 1 is 0.267 bits per heavy atom. The first kappa shape index (κ1) is 43.0. The van der Waals surface area contributed by atoms with Gasteiger partial charge in [-0.05, 0) is 149 Å². The van der Waals surface area contributed by atoms with Crippen molar-refractivity contribution in [3.63, 3.8) is 0 Å². The first-order valence-corrected chi connectivity index (χ1v) is 26.4. The molecule has 15 aromatic rings. The van der Waals surface area contributed by atoms with Crippen LogP contribution in [-0.2, 0) is 0 Å². The molecule has 3 aromatic heterocycles. The van der Waals surface area contributed by atoms with E-state index >= 15 is 0 Å². The highest BCUT2D eigenvalue weighted by molar-refractivity contribution is 7.26. The number of hydrogen-bond acceptors (Lipinski definition) is 3. The molecule has 0 unspecified atom stereocenters. The van der Waals surface area contributed by atoms with Crippen LogP contribution in [0.4, 0.5) is 34.1 Å². The van der Waals surface area contributed by atoms with Crippen molar-refractivity contribution in [1.82, 2.24) is 9.13 Å². The summed E-state index contributed by atoms with van der Waals surface area (Å²) >= 11 is 1.89. The van der Waals surface area contributed by atoms with Crippen molar-refractivity contribution in [2.45, 2.75) is 0 Å². The van der Waals surface area contributed by atoms with Crippen LogP contribution in [0.25, 0.3) is 97.1 Å². The molecule has 0 aliphatic rings. The molecule has 0 amide bonds. The number of benzene rings is 12. The molecule has 3 heterocycles. The van der Waals surface area contributed by atoms with Crippen LogP contribution in [0, 0.1) is 0 Å². The van der Waals surface area contributed by atoms with Crippen LogP contribution < -0.4 is 9.80 Å². The summed E-state index contributed by atoms with van der Waals surface area (Å²) in [6.07, 6.45) is 0. The summed E-state index contributed by atoms with van der Waals surface area (Å²) in [5.74, 6) is 0. The number of rotatable bonds is 9. The van der Waals surface area contributed by atoms with Crippen molar-refractivity contribution in [3.8, 4) is 22.5 Å². The highest BCUT2D eigenvalue weighted by atomic mass is 32.1. The van der Waals surface area contributed by atoms with E-state index in [0.29, 0.717) is 0 Å². The lowest BCUT2D eigenvalue weighted by Crippen LogP contribution is -2.13. The summed E-state index contributed by atoms with van der Waals surface area (Å²) in [6.45, 7) is 0. The third-order valence-electron chi connectivity index (χ3n) is 15.0. The summed E-state index contributed by atoms with van der Waals surface area (Å²) in [6, 6.07) is 102. The van der Waals surface area contributed by atoms with Crippen molar-refractivity contribution < 1.29 is 0 Å². The quantitative estimate of drug-likeness (QED) is 0.143. The van der Waals surface area contributed by atoms with E-state index in [1.807, 2.05) is 11.3 Å². The van der Waals surface area contributed by atoms with Gasteiger partial charge in [0, 0.05) is 87.2 Å². The molecule has 0 N–H and O–H groups in total. The first-order chi connectivity index (χ1) is 37.2. The van der Waals surface area contributed by atoms with E-state index in [2.05, 4.69) is 298 Å². The van der Waals surface area contributed by atoms with E-state index in [1.165, 1.54) is 74.6 Å². The fourth-order valence-corrected chi connectivity index (χ4v) is 13.0. The molecule has 0 aliphatic heterocycles. The monoisotopic (exact) mass is 974 g/mol. The Morgan fingerprint density at radius 2 is 0.760 bits per heavy atom. The van der Waals surface area contributed by atoms with Crippen LogP contribution in [0.3, 0.4) is 0 Å². The molecule has 75 heavy (non-hydrogen) atoms. The number of para-hydroxylation sites is 6. The van der Waals surface area contributed by atoms with Gasteiger partial charge in [0.25, 0.3) is 0 Å². The van der Waals surface area contributed by atoms with Crippen molar-refractivity contribution in [3.05, 3.63) is 279 Å². The predicted octanol–water partition coefficient (Wildman–Crippen LogP) is 20.0. The molecule has 0 radical (unpaired) electrons. The van der Waals surface area contributed by atoms with E-state index in [4.69, 9.17) is 0 Å². The topological polar surface area (TPSA) is 16.3 Å². The smallest absolute Gasteiger partial charge is 0.0555 e. The zero-order valence-corrected chi connectivity index (χ0v) is 41.6. The average molecular weight is 975 g/mol. The van der Waals surface area contributed by atoms with Gasteiger partial charge < -0.3 is 18.9 Å². The Kier molecular flexibility index (Phi) is 10.0. The first-order valence-electron chi connectivity index (χ1n) is 25.6. The molecule has 0 saturated heterocycles. The second-order valence-electron chi connectivity index (χ2n) is 19.3. The average Bonchev–Trinajstić information content (AvgIpc) is 4.17. The van der Waals surface area contributed by atoms with Gasteiger partial charge in [0.15, 0.2) is 0 Å². The van der Waals surface area contributed by atoms with Gasteiger partial charge in [-0.25, -0.2) is 0 Å².